The number of nitrogens with one attached hydrogen (secondary N) is 1. The normalized spacial score (nSPS) is 17.0. The van der Waals surface area contributed by atoms with Crippen molar-refractivity contribution in [1.82, 2.24) is 15.3 Å². The van der Waals surface area contributed by atoms with Gasteiger partial charge in [-0.15, -0.1) is 0 Å². The fraction of sp³-hybridized carbons (Fsp3) is 0.562. The highest BCUT2D eigenvalue weighted by Gasteiger charge is 2.40. The first-order valence-corrected chi connectivity index (χ1v) is 7.85. The van der Waals surface area contributed by atoms with Crippen LogP contribution in [0, 0.1) is 0 Å². The second-order valence-corrected chi connectivity index (χ2v) is 5.99. The predicted molar refractivity (Wildman–Crippen MR) is 83.6 cm³/mol. The van der Waals surface area contributed by atoms with Crippen LogP contribution in [0.15, 0.2) is 24.3 Å². The second-order valence-electron chi connectivity index (χ2n) is 5.99. The van der Waals surface area contributed by atoms with Crippen LogP contribution in [0.25, 0.3) is 0 Å². The summed E-state index contributed by atoms with van der Waals surface area (Å²) in [5.74, 6) is -4.50. The molecular formula is C16H21F4N3O2. The minimum atomic E-state index is -4.18. The highest BCUT2D eigenvalue weighted by Crippen LogP contribution is 2.23. The van der Waals surface area contributed by atoms with Gasteiger partial charge in [-0.1, -0.05) is 12.1 Å². The lowest BCUT2D eigenvalue weighted by molar-refractivity contribution is -0.168. The molecule has 1 saturated heterocycles. The predicted octanol–water partition coefficient (Wildman–Crippen LogP) is 2.00. The molecule has 1 aliphatic rings. The standard InChI is InChI=1S/C16H21F4N3O2/c1-22-5-7-23(8-6-22)21-14(24)13-4-2-3-12(9-13)10-25-11-16(19,20)15(17)18/h2-4,9,15H,5-8,10-11H2,1H3,(H,21,24). The van der Waals surface area contributed by atoms with E-state index < -0.39 is 19.0 Å². The Balaban J connectivity index is 1.86. The molecule has 0 spiro atoms. The molecule has 1 aromatic carbocycles. The minimum Gasteiger partial charge on any atom is -0.370 e. The van der Waals surface area contributed by atoms with Crippen LogP contribution in [0.5, 0.6) is 0 Å². The highest BCUT2D eigenvalue weighted by molar-refractivity contribution is 5.94. The van der Waals surface area contributed by atoms with Crippen molar-refractivity contribution in [2.24, 2.45) is 0 Å². The third-order valence-electron chi connectivity index (χ3n) is 3.83. The van der Waals surface area contributed by atoms with Gasteiger partial charge in [0.2, 0.25) is 0 Å². The number of nitrogens with zero attached hydrogens (tertiary/aromatic N) is 2. The molecule has 2 rings (SSSR count). The molecule has 0 radical (unpaired) electrons. The van der Waals surface area contributed by atoms with E-state index in [9.17, 15) is 22.4 Å². The first-order valence-electron chi connectivity index (χ1n) is 7.85. The van der Waals surface area contributed by atoms with Crippen LogP contribution in [0.2, 0.25) is 0 Å². The van der Waals surface area contributed by atoms with E-state index in [1.165, 1.54) is 6.07 Å². The summed E-state index contributed by atoms with van der Waals surface area (Å²) in [5.41, 5.74) is 3.59. The van der Waals surface area contributed by atoms with E-state index >= 15 is 0 Å². The summed E-state index contributed by atoms with van der Waals surface area (Å²) in [5, 5.41) is 1.81. The first kappa shape index (κ1) is 19.6. The number of hydrogen-bond acceptors (Lipinski definition) is 4. The average Bonchev–Trinajstić information content (AvgIpc) is 2.57. The summed E-state index contributed by atoms with van der Waals surface area (Å²) in [6.07, 6.45) is -3.77. The molecule has 0 saturated carbocycles. The zero-order valence-electron chi connectivity index (χ0n) is 13.9. The van der Waals surface area contributed by atoms with Gasteiger partial charge in [0.15, 0.2) is 0 Å². The van der Waals surface area contributed by atoms with E-state index in [2.05, 4.69) is 15.1 Å². The number of piperazine rings is 1. The van der Waals surface area contributed by atoms with Crippen LogP contribution >= 0.6 is 0 Å². The molecule has 1 aromatic rings. The number of benzene rings is 1. The number of hydrogen-bond donors (Lipinski definition) is 1. The van der Waals surface area contributed by atoms with Crippen LogP contribution in [0.3, 0.4) is 0 Å². The maximum Gasteiger partial charge on any atom is 0.330 e. The largest absolute Gasteiger partial charge is 0.370 e. The molecule has 5 nitrogen and oxygen atoms in total. The molecule has 1 N–H and O–H groups in total. The number of alkyl halides is 4. The Bertz CT molecular complexity index is 578. The quantitative estimate of drug-likeness (QED) is 0.753. The lowest BCUT2D eigenvalue weighted by atomic mass is 10.1. The second kappa shape index (κ2) is 8.59. The Hall–Kier alpha value is -1.71. The van der Waals surface area contributed by atoms with E-state index in [0.717, 1.165) is 13.1 Å². The Morgan fingerprint density at radius 3 is 2.60 bits per heavy atom. The van der Waals surface area contributed by atoms with Gasteiger partial charge in [0, 0.05) is 31.7 Å². The van der Waals surface area contributed by atoms with E-state index in [0.29, 0.717) is 24.2 Å². The molecule has 0 bridgehead atoms. The molecule has 9 heteroatoms. The number of carbonyl (C=O) groups is 1. The first-order chi connectivity index (χ1) is 11.8. The number of halogens is 4. The van der Waals surface area contributed by atoms with Gasteiger partial charge in [0.1, 0.15) is 6.61 Å². The number of amides is 1. The number of ether oxygens (including phenoxy) is 1. The molecule has 0 unspecified atom stereocenters. The molecule has 1 heterocycles. The van der Waals surface area contributed by atoms with Crippen molar-refractivity contribution >= 4 is 5.91 Å². The van der Waals surface area contributed by atoms with Gasteiger partial charge in [0.25, 0.3) is 5.91 Å². The number of rotatable bonds is 7. The summed E-state index contributed by atoms with van der Waals surface area (Å²) >= 11 is 0. The Morgan fingerprint density at radius 1 is 1.28 bits per heavy atom. The van der Waals surface area contributed by atoms with Crippen molar-refractivity contribution in [2.75, 3.05) is 39.8 Å². The van der Waals surface area contributed by atoms with Gasteiger partial charge in [-0.2, -0.15) is 8.78 Å². The maximum absolute atomic E-state index is 12.8. The van der Waals surface area contributed by atoms with Crippen LogP contribution in [-0.2, 0) is 11.3 Å². The van der Waals surface area contributed by atoms with Gasteiger partial charge in [-0.3, -0.25) is 10.2 Å². The molecule has 1 amide bonds. The lowest BCUT2D eigenvalue weighted by Gasteiger charge is -2.32. The van der Waals surface area contributed by atoms with Crippen molar-refractivity contribution in [1.29, 1.82) is 0 Å². The third-order valence-corrected chi connectivity index (χ3v) is 3.83. The summed E-state index contributed by atoms with van der Waals surface area (Å²) in [7, 11) is 2.00. The van der Waals surface area contributed by atoms with Crippen LogP contribution < -0.4 is 5.43 Å². The smallest absolute Gasteiger partial charge is 0.330 e. The Labute approximate surface area is 143 Å². The fourth-order valence-corrected chi connectivity index (χ4v) is 2.30. The topological polar surface area (TPSA) is 44.8 Å². The SMILES string of the molecule is CN1CCN(NC(=O)c2cccc(COCC(F)(F)C(F)F)c2)CC1. The maximum atomic E-state index is 12.8. The minimum absolute atomic E-state index is 0.280. The molecule has 0 atom stereocenters. The van der Waals surface area contributed by atoms with Gasteiger partial charge in [0.05, 0.1) is 6.61 Å². The van der Waals surface area contributed by atoms with E-state index in [1.54, 1.807) is 18.2 Å². The van der Waals surface area contributed by atoms with Crippen molar-refractivity contribution < 1.29 is 27.1 Å². The van der Waals surface area contributed by atoms with Crippen LogP contribution in [0.4, 0.5) is 17.6 Å². The van der Waals surface area contributed by atoms with Crippen molar-refractivity contribution in [3.8, 4) is 0 Å². The van der Waals surface area contributed by atoms with Crippen molar-refractivity contribution in [2.45, 2.75) is 19.0 Å². The summed E-state index contributed by atoms with van der Waals surface area (Å²) in [6, 6.07) is 6.24. The molecule has 25 heavy (non-hydrogen) atoms. The lowest BCUT2D eigenvalue weighted by Crippen LogP contribution is -2.52. The van der Waals surface area contributed by atoms with Crippen molar-refractivity contribution in [3.63, 3.8) is 0 Å². The summed E-state index contributed by atoms with van der Waals surface area (Å²) in [4.78, 5) is 14.4. The summed E-state index contributed by atoms with van der Waals surface area (Å²) < 4.78 is 54.4. The summed E-state index contributed by atoms with van der Waals surface area (Å²) in [6.45, 7) is 1.43. The molecule has 0 aromatic heterocycles. The fourth-order valence-electron chi connectivity index (χ4n) is 2.30. The molecular weight excluding hydrogens is 342 g/mol. The molecule has 0 aliphatic carbocycles. The van der Waals surface area contributed by atoms with Gasteiger partial charge in [-0.25, -0.2) is 13.8 Å². The van der Waals surface area contributed by atoms with E-state index in [4.69, 9.17) is 0 Å². The van der Waals surface area contributed by atoms with E-state index in [1.807, 2.05) is 12.1 Å². The van der Waals surface area contributed by atoms with Gasteiger partial charge >= 0.3 is 12.3 Å². The Kier molecular flexibility index (Phi) is 6.74. The van der Waals surface area contributed by atoms with Crippen LogP contribution in [-0.4, -0.2) is 68.0 Å². The number of carbonyl (C=O) groups excluding carboxylic acids is 1. The van der Waals surface area contributed by atoms with Gasteiger partial charge in [-0.05, 0) is 24.7 Å². The van der Waals surface area contributed by atoms with Crippen LogP contribution in [0.1, 0.15) is 15.9 Å². The zero-order chi connectivity index (χ0) is 18.4. The molecule has 1 aliphatic heterocycles. The number of hydrazine groups is 1. The third kappa shape index (κ3) is 5.94. The van der Waals surface area contributed by atoms with Gasteiger partial charge < -0.3 is 9.64 Å². The number of likely N-dealkylation sites (N-methyl/N-ethyl adjacent to an activating group) is 1. The molecule has 1 fully saturated rings. The molecule has 140 valence electrons. The van der Waals surface area contributed by atoms with Crippen molar-refractivity contribution in [3.05, 3.63) is 35.4 Å². The monoisotopic (exact) mass is 363 g/mol. The zero-order valence-corrected chi connectivity index (χ0v) is 13.9. The Morgan fingerprint density at radius 2 is 1.96 bits per heavy atom. The van der Waals surface area contributed by atoms with E-state index in [-0.39, 0.29) is 12.5 Å². The average molecular weight is 363 g/mol. The highest BCUT2D eigenvalue weighted by atomic mass is 19.3.